The van der Waals surface area contributed by atoms with Crippen LogP contribution < -0.4 is 5.32 Å². The first-order valence-corrected chi connectivity index (χ1v) is 5.99. The van der Waals surface area contributed by atoms with Gasteiger partial charge in [0.1, 0.15) is 6.04 Å². The monoisotopic (exact) mass is 214 g/mol. The summed E-state index contributed by atoms with van der Waals surface area (Å²) in [7, 11) is 0. The third-order valence-electron chi connectivity index (χ3n) is 3.33. The first kappa shape index (κ1) is 11.2. The van der Waals surface area contributed by atoms with E-state index in [2.05, 4.69) is 42.7 Å². The van der Waals surface area contributed by atoms with Crippen LogP contribution in [-0.4, -0.2) is 6.04 Å². The molecule has 2 N–H and O–H groups in total. The van der Waals surface area contributed by atoms with Gasteiger partial charge < -0.3 is 5.32 Å². The zero-order valence-corrected chi connectivity index (χ0v) is 9.73. The van der Waals surface area contributed by atoms with Crippen LogP contribution >= 0.6 is 0 Å². The van der Waals surface area contributed by atoms with Crippen molar-refractivity contribution in [2.24, 2.45) is 0 Å². The minimum absolute atomic E-state index is 0.549. The van der Waals surface area contributed by atoms with E-state index in [-0.39, 0.29) is 0 Å². The van der Waals surface area contributed by atoms with Crippen LogP contribution in [0.5, 0.6) is 0 Å². The van der Waals surface area contributed by atoms with Crippen LogP contribution in [-0.2, 0) is 6.42 Å². The van der Waals surface area contributed by atoms with Gasteiger partial charge in [0.05, 0.1) is 6.04 Å². The highest BCUT2D eigenvalue weighted by molar-refractivity contribution is 5.31. The minimum Gasteiger partial charge on any atom is -0.337 e. The highest BCUT2D eigenvalue weighted by atomic mass is 15.0. The Morgan fingerprint density at radius 2 is 1.94 bits per heavy atom. The van der Waals surface area contributed by atoms with Gasteiger partial charge in [-0.2, -0.15) is 0 Å². The molecule has 1 aliphatic rings. The van der Waals surface area contributed by atoms with E-state index in [1.54, 1.807) is 0 Å². The van der Waals surface area contributed by atoms with E-state index in [1.807, 2.05) is 12.2 Å². The second kappa shape index (κ2) is 5.13. The molecule has 0 aromatic heterocycles. The third-order valence-corrected chi connectivity index (χ3v) is 3.33. The molecule has 0 spiro atoms. The molecule has 0 saturated heterocycles. The van der Waals surface area contributed by atoms with Crippen LogP contribution in [0.3, 0.4) is 0 Å². The predicted molar refractivity (Wildman–Crippen MR) is 68.2 cm³/mol. The van der Waals surface area contributed by atoms with E-state index < -0.39 is 0 Å². The highest BCUT2D eigenvalue weighted by Crippen LogP contribution is 2.23. The molecule has 0 unspecified atom stereocenters. The van der Waals surface area contributed by atoms with Crippen LogP contribution in [0, 0.1) is 0 Å². The van der Waals surface area contributed by atoms with Gasteiger partial charge in [0, 0.05) is 24.8 Å². The normalized spacial score (nSPS) is 23.5. The summed E-state index contributed by atoms with van der Waals surface area (Å²) in [5.41, 5.74) is 2.99. The smallest absolute Gasteiger partial charge is 0.115 e. The first-order chi connectivity index (χ1) is 7.85. The zero-order valence-electron chi connectivity index (χ0n) is 9.73. The summed E-state index contributed by atoms with van der Waals surface area (Å²) in [4.78, 5) is 0. The minimum atomic E-state index is 0.549. The molecule has 1 aromatic carbocycles. The molecule has 84 valence electrons. The summed E-state index contributed by atoms with van der Waals surface area (Å²) in [6.07, 6.45) is 7.34. The van der Waals surface area contributed by atoms with Gasteiger partial charge >= 0.3 is 0 Å². The third kappa shape index (κ3) is 2.25. The maximum atomic E-state index is 3.86. The van der Waals surface area contributed by atoms with Crippen molar-refractivity contribution in [2.75, 3.05) is 0 Å². The molecular weight excluding hydrogens is 194 g/mol. The van der Waals surface area contributed by atoms with Crippen molar-refractivity contribution in [3.63, 3.8) is 0 Å². The van der Waals surface area contributed by atoms with Crippen molar-refractivity contribution >= 4 is 0 Å². The van der Waals surface area contributed by atoms with Crippen LogP contribution in [0.25, 0.3) is 0 Å². The summed E-state index contributed by atoms with van der Waals surface area (Å²) < 4.78 is 0. The van der Waals surface area contributed by atoms with Crippen molar-refractivity contribution in [1.82, 2.24) is 0 Å². The summed E-state index contributed by atoms with van der Waals surface area (Å²) in [6.45, 7) is 7.70. The molecule has 1 aliphatic heterocycles. The lowest BCUT2D eigenvalue weighted by atomic mass is 9.88. The average molecular weight is 214 g/mol. The van der Waals surface area contributed by atoms with Crippen LogP contribution in [0.4, 0.5) is 0 Å². The molecular formula is C15H20N+. The van der Waals surface area contributed by atoms with E-state index in [0.29, 0.717) is 12.1 Å². The molecule has 1 nitrogen and oxygen atoms in total. The van der Waals surface area contributed by atoms with Gasteiger partial charge in [-0.05, 0) is 5.56 Å². The Morgan fingerprint density at radius 3 is 2.69 bits per heavy atom. The van der Waals surface area contributed by atoms with Gasteiger partial charge in [0.2, 0.25) is 0 Å². The van der Waals surface area contributed by atoms with Crippen LogP contribution in [0.1, 0.15) is 30.0 Å². The number of quaternary nitrogens is 1. The van der Waals surface area contributed by atoms with Crippen molar-refractivity contribution in [3.05, 3.63) is 60.7 Å². The van der Waals surface area contributed by atoms with E-state index >= 15 is 0 Å². The average Bonchev–Trinajstić information content (AvgIpc) is 2.30. The van der Waals surface area contributed by atoms with Crippen LogP contribution in [0.15, 0.2) is 49.6 Å². The second-order valence-electron chi connectivity index (χ2n) is 4.51. The fourth-order valence-corrected chi connectivity index (χ4v) is 2.63. The fraction of sp³-hybridized carbons (Fsp3) is 0.333. The van der Waals surface area contributed by atoms with E-state index in [0.717, 1.165) is 19.3 Å². The van der Waals surface area contributed by atoms with Crippen molar-refractivity contribution in [1.29, 1.82) is 0 Å². The van der Waals surface area contributed by atoms with Crippen LogP contribution in [0.2, 0.25) is 0 Å². The molecule has 2 atom stereocenters. The molecule has 1 heterocycles. The van der Waals surface area contributed by atoms with E-state index in [9.17, 15) is 0 Å². The Hall–Kier alpha value is -1.34. The van der Waals surface area contributed by atoms with Gasteiger partial charge in [0.25, 0.3) is 0 Å². The standard InChI is InChI=1S/C15H19N/c1-3-7-13-11-12-9-5-6-10-14(12)15(16-13)8-4-2/h3-6,9-10,13,15-16H,1-2,7-8,11H2/p+1/t13-,15-/m0/s1. The summed E-state index contributed by atoms with van der Waals surface area (Å²) in [5.74, 6) is 0. The topological polar surface area (TPSA) is 16.6 Å². The van der Waals surface area contributed by atoms with Gasteiger partial charge in [0.15, 0.2) is 0 Å². The molecule has 1 heteroatoms. The molecule has 0 aliphatic carbocycles. The Bertz CT molecular complexity index is 381. The van der Waals surface area contributed by atoms with Gasteiger partial charge in [-0.25, -0.2) is 0 Å². The van der Waals surface area contributed by atoms with Gasteiger partial charge in [-0.15, -0.1) is 13.2 Å². The van der Waals surface area contributed by atoms with E-state index in [1.165, 1.54) is 11.1 Å². The number of rotatable bonds is 4. The Labute approximate surface area is 97.9 Å². The molecule has 0 amide bonds. The fourth-order valence-electron chi connectivity index (χ4n) is 2.63. The Morgan fingerprint density at radius 1 is 1.19 bits per heavy atom. The number of benzene rings is 1. The zero-order chi connectivity index (χ0) is 11.4. The van der Waals surface area contributed by atoms with E-state index in [4.69, 9.17) is 0 Å². The predicted octanol–water partition coefficient (Wildman–Crippen LogP) is 2.37. The molecule has 0 fully saturated rings. The lowest BCUT2D eigenvalue weighted by Gasteiger charge is -2.29. The lowest BCUT2D eigenvalue weighted by Crippen LogP contribution is -2.92. The number of fused-ring (bicyclic) bond motifs is 1. The quantitative estimate of drug-likeness (QED) is 0.741. The van der Waals surface area contributed by atoms with Gasteiger partial charge in [-0.1, -0.05) is 36.4 Å². The summed E-state index contributed by atoms with van der Waals surface area (Å²) in [5, 5.41) is 2.48. The summed E-state index contributed by atoms with van der Waals surface area (Å²) in [6, 6.07) is 9.99. The Balaban J connectivity index is 2.25. The van der Waals surface area contributed by atoms with Gasteiger partial charge in [-0.3, -0.25) is 0 Å². The lowest BCUT2D eigenvalue weighted by molar-refractivity contribution is -0.730. The molecule has 2 rings (SSSR count). The molecule has 0 radical (unpaired) electrons. The van der Waals surface area contributed by atoms with Crippen molar-refractivity contribution < 1.29 is 5.32 Å². The molecule has 0 bridgehead atoms. The highest BCUT2D eigenvalue weighted by Gasteiger charge is 2.27. The SMILES string of the molecule is C=CC[C@H]1Cc2ccccc2[C@H](CC=C)[NH2+]1. The number of hydrogen-bond donors (Lipinski definition) is 1. The summed E-state index contributed by atoms with van der Waals surface area (Å²) >= 11 is 0. The number of nitrogens with two attached hydrogens (primary N) is 1. The Kier molecular flexibility index (Phi) is 3.58. The maximum Gasteiger partial charge on any atom is 0.115 e. The molecule has 16 heavy (non-hydrogen) atoms. The first-order valence-electron chi connectivity index (χ1n) is 5.99. The molecule has 0 saturated carbocycles. The second-order valence-corrected chi connectivity index (χ2v) is 4.51. The largest absolute Gasteiger partial charge is 0.337 e. The molecule has 1 aromatic rings. The maximum absolute atomic E-state index is 3.86. The van der Waals surface area contributed by atoms with Crippen molar-refractivity contribution in [3.8, 4) is 0 Å². The van der Waals surface area contributed by atoms with Crippen molar-refractivity contribution in [2.45, 2.75) is 31.3 Å². The number of hydrogen-bond acceptors (Lipinski definition) is 0.